The zero-order valence-corrected chi connectivity index (χ0v) is 14.9. The lowest BCUT2D eigenvalue weighted by atomic mass is 9.90. The van der Waals surface area contributed by atoms with Crippen LogP contribution >= 0.6 is 0 Å². The highest BCUT2D eigenvalue weighted by Gasteiger charge is 2.37. The van der Waals surface area contributed by atoms with Gasteiger partial charge >= 0.3 is 0 Å². The summed E-state index contributed by atoms with van der Waals surface area (Å²) in [6.07, 6.45) is 4.65. The van der Waals surface area contributed by atoms with Gasteiger partial charge in [0.2, 0.25) is 0 Å². The zero-order valence-electron chi connectivity index (χ0n) is 14.9. The number of nitrogens with zero attached hydrogens (tertiary/aromatic N) is 4. The van der Waals surface area contributed by atoms with Crippen molar-refractivity contribution in [1.82, 2.24) is 19.9 Å². The highest BCUT2D eigenvalue weighted by Crippen LogP contribution is 2.30. The van der Waals surface area contributed by atoms with Gasteiger partial charge in [0.15, 0.2) is 0 Å². The maximum absolute atomic E-state index is 11.1. The summed E-state index contributed by atoms with van der Waals surface area (Å²) in [6.45, 7) is 8.87. The molecule has 0 saturated carbocycles. The average Bonchev–Trinajstić information content (AvgIpc) is 3.06. The first-order valence-electron chi connectivity index (χ1n) is 8.89. The molecular weight excluding hydrogens is 300 g/mol. The minimum Gasteiger partial charge on any atom is -0.382 e. The molecule has 1 saturated heterocycles. The molecule has 5 nitrogen and oxygen atoms in total. The number of piperidine rings is 1. The Bertz CT molecular complexity index is 664. The minimum absolute atomic E-state index is 0.260. The van der Waals surface area contributed by atoms with Crippen molar-refractivity contribution in [3.63, 3.8) is 0 Å². The summed E-state index contributed by atoms with van der Waals surface area (Å²) in [6, 6.07) is 8.97. The first kappa shape index (κ1) is 17.1. The van der Waals surface area contributed by atoms with E-state index in [4.69, 9.17) is 0 Å². The third-order valence-electron chi connectivity index (χ3n) is 4.90. The predicted octanol–water partition coefficient (Wildman–Crippen LogP) is 2.69. The summed E-state index contributed by atoms with van der Waals surface area (Å²) in [4.78, 5) is 2.34. The molecule has 3 rings (SSSR count). The predicted molar refractivity (Wildman–Crippen MR) is 94.9 cm³/mol. The summed E-state index contributed by atoms with van der Waals surface area (Å²) in [5.41, 5.74) is 2.47. The van der Waals surface area contributed by atoms with E-state index in [0.29, 0.717) is 12.2 Å². The second-order valence-electron chi connectivity index (χ2n) is 7.32. The van der Waals surface area contributed by atoms with Gasteiger partial charge < -0.3 is 5.11 Å². The van der Waals surface area contributed by atoms with E-state index >= 15 is 0 Å². The molecule has 1 fully saturated rings. The molecule has 1 aliphatic heterocycles. The molecule has 1 unspecified atom stereocenters. The van der Waals surface area contributed by atoms with Crippen molar-refractivity contribution in [3.05, 3.63) is 47.3 Å². The van der Waals surface area contributed by atoms with Crippen LogP contribution in [0.3, 0.4) is 0 Å². The van der Waals surface area contributed by atoms with Crippen LogP contribution in [-0.2, 0) is 12.0 Å². The first-order valence-corrected chi connectivity index (χ1v) is 8.89. The Morgan fingerprint density at radius 3 is 2.67 bits per heavy atom. The molecule has 0 amide bonds. The number of aromatic nitrogens is 3. The van der Waals surface area contributed by atoms with Crippen LogP contribution in [0.4, 0.5) is 0 Å². The van der Waals surface area contributed by atoms with Crippen molar-refractivity contribution >= 4 is 0 Å². The minimum atomic E-state index is -0.876. The van der Waals surface area contributed by atoms with Gasteiger partial charge in [-0.1, -0.05) is 35.0 Å². The third-order valence-corrected chi connectivity index (χ3v) is 4.90. The quantitative estimate of drug-likeness (QED) is 0.917. The molecule has 1 N–H and O–H groups in total. The van der Waals surface area contributed by atoms with Crippen molar-refractivity contribution in [2.24, 2.45) is 0 Å². The van der Waals surface area contributed by atoms with E-state index in [1.807, 2.05) is 10.9 Å². The Balaban J connectivity index is 1.63. The second-order valence-corrected chi connectivity index (χ2v) is 7.32. The van der Waals surface area contributed by atoms with E-state index in [0.717, 1.165) is 32.4 Å². The average molecular weight is 328 g/mol. The molecule has 1 aromatic heterocycles. The van der Waals surface area contributed by atoms with Gasteiger partial charge in [-0.2, -0.15) is 0 Å². The maximum atomic E-state index is 11.1. The molecule has 0 bridgehead atoms. The SMILES string of the molecule is Cc1ccc(CCN2CCCC(O)(c3cn(C(C)C)nn3)C2)cc1. The number of benzene rings is 1. The van der Waals surface area contributed by atoms with E-state index in [1.54, 1.807) is 0 Å². The van der Waals surface area contributed by atoms with Crippen LogP contribution in [0.2, 0.25) is 0 Å². The molecule has 2 aromatic rings. The smallest absolute Gasteiger partial charge is 0.123 e. The molecule has 5 heteroatoms. The molecule has 1 atom stereocenters. The van der Waals surface area contributed by atoms with Gasteiger partial charge in [-0.15, -0.1) is 5.10 Å². The van der Waals surface area contributed by atoms with Crippen molar-refractivity contribution in [3.8, 4) is 0 Å². The zero-order chi connectivity index (χ0) is 17.2. The van der Waals surface area contributed by atoms with Gasteiger partial charge in [0.25, 0.3) is 0 Å². The monoisotopic (exact) mass is 328 g/mol. The molecule has 0 radical (unpaired) electrons. The normalized spacial score (nSPS) is 22.2. The fourth-order valence-electron chi connectivity index (χ4n) is 3.31. The molecule has 130 valence electrons. The first-order chi connectivity index (χ1) is 11.5. The number of rotatable bonds is 5. The Labute approximate surface area is 144 Å². The maximum Gasteiger partial charge on any atom is 0.123 e. The number of β-amino-alcohol motifs (C(OH)–C–C–N with tert-alkyl or cyclic N) is 1. The lowest BCUT2D eigenvalue weighted by molar-refractivity contribution is -0.0385. The van der Waals surface area contributed by atoms with Crippen LogP contribution in [0.5, 0.6) is 0 Å². The Morgan fingerprint density at radius 1 is 1.25 bits per heavy atom. The molecule has 24 heavy (non-hydrogen) atoms. The van der Waals surface area contributed by atoms with E-state index in [2.05, 4.69) is 60.2 Å². The van der Waals surface area contributed by atoms with Crippen molar-refractivity contribution in [2.45, 2.75) is 51.7 Å². The van der Waals surface area contributed by atoms with Crippen LogP contribution < -0.4 is 0 Å². The van der Waals surface area contributed by atoms with Gasteiger partial charge in [0.05, 0.1) is 6.20 Å². The molecular formula is C19H28N4O. The van der Waals surface area contributed by atoms with Gasteiger partial charge in [-0.05, 0) is 52.1 Å². The topological polar surface area (TPSA) is 54.2 Å². The van der Waals surface area contributed by atoms with Crippen LogP contribution in [0.1, 0.15) is 49.6 Å². The second kappa shape index (κ2) is 7.03. The van der Waals surface area contributed by atoms with Crippen LogP contribution in [0.25, 0.3) is 0 Å². The van der Waals surface area contributed by atoms with Crippen molar-refractivity contribution in [1.29, 1.82) is 0 Å². The Morgan fingerprint density at radius 2 is 2.00 bits per heavy atom. The number of hydrogen-bond acceptors (Lipinski definition) is 4. The number of likely N-dealkylation sites (tertiary alicyclic amines) is 1. The standard InChI is InChI=1S/C19H28N4O/c1-15(2)23-13-18(20-21-23)19(24)10-4-11-22(14-19)12-9-17-7-5-16(3)6-8-17/h5-8,13,15,24H,4,9-12,14H2,1-3H3. The third kappa shape index (κ3) is 3.84. The summed E-state index contributed by atoms with van der Waals surface area (Å²) >= 11 is 0. The summed E-state index contributed by atoms with van der Waals surface area (Å²) in [5, 5.41) is 19.5. The Kier molecular flexibility index (Phi) is 5.01. The van der Waals surface area contributed by atoms with Gasteiger partial charge in [0.1, 0.15) is 11.3 Å². The molecule has 1 aliphatic rings. The largest absolute Gasteiger partial charge is 0.382 e. The van der Waals surface area contributed by atoms with E-state index in [-0.39, 0.29) is 6.04 Å². The lowest BCUT2D eigenvalue weighted by Crippen LogP contribution is -2.47. The number of hydrogen-bond donors (Lipinski definition) is 1. The molecule has 0 spiro atoms. The van der Waals surface area contributed by atoms with E-state index < -0.39 is 5.60 Å². The van der Waals surface area contributed by atoms with E-state index in [1.165, 1.54) is 11.1 Å². The molecule has 2 heterocycles. The highest BCUT2D eigenvalue weighted by atomic mass is 16.3. The van der Waals surface area contributed by atoms with Crippen LogP contribution in [-0.4, -0.2) is 44.6 Å². The van der Waals surface area contributed by atoms with E-state index in [9.17, 15) is 5.11 Å². The highest BCUT2D eigenvalue weighted by molar-refractivity contribution is 5.21. The van der Waals surface area contributed by atoms with Gasteiger partial charge in [-0.3, -0.25) is 4.90 Å². The summed E-state index contributed by atoms with van der Waals surface area (Å²) in [7, 11) is 0. The van der Waals surface area contributed by atoms with Gasteiger partial charge in [-0.25, -0.2) is 4.68 Å². The number of aryl methyl sites for hydroxylation is 1. The molecule has 1 aromatic carbocycles. The van der Waals surface area contributed by atoms with Crippen LogP contribution in [0, 0.1) is 6.92 Å². The lowest BCUT2D eigenvalue weighted by Gasteiger charge is -2.38. The fraction of sp³-hybridized carbons (Fsp3) is 0.579. The Hall–Kier alpha value is -1.72. The number of aliphatic hydroxyl groups is 1. The van der Waals surface area contributed by atoms with Gasteiger partial charge in [0, 0.05) is 19.1 Å². The van der Waals surface area contributed by atoms with Crippen molar-refractivity contribution in [2.75, 3.05) is 19.6 Å². The van der Waals surface area contributed by atoms with Crippen LogP contribution in [0.15, 0.2) is 30.5 Å². The summed E-state index contributed by atoms with van der Waals surface area (Å²) in [5.74, 6) is 0. The summed E-state index contributed by atoms with van der Waals surface area (Å²) < 4.78 is 1.82. The molecule has 0 aliphatic carbocycles. The van der Waals surface area contributed by atoms with Crippen molar-refractivity contribution < 1.29 is 5.11 Å². The fourth-order valence-corrected chi connectivity index (χ4v) is 3.31.